The van der Waals surface area contributed by atoms with Gasteiger partial charge in [0.1, 0.15) is 0 Å². The highest BCUT2D eigenvalue weighted by Gasteiger charge is 2.29. The van der Waals surface area contributed by atoms with Gasteiger partial charge in [0.25, 0.3) is 5.95 Å². The summed E-state index contributed by atoms with van der Waals surface area (Å²) in [5.41, 5.74) is 1.03. The Hall–Kier alpha value is -2.23. The summed E-state index contributed by atoms with van der Waals surface area (Å²) in [6.45, 7) is 9.47. The van der Waals surface area contributed by atoms with Crippen LogP contribution < -0.4 is 14.9 Å². The summed E-state index contributed by atoms with van der Waals surface area (Å²) in [6, 6.07) is 3.62. The quantitative estimate of drug-likeness (QED) is 0.807. The average molecular weight is 288 g/mol. The maximum Gasteiger partial charge on any atom is 0.292 e. The van der Waals surface area contributed by atoms with Gasteiger partial charge in [-0.05, 0) is 18.6 Å². The number of ether oxygens (including phenoxy) is 2. The van der Waals surface area contributed by atoms with E-state index in [2.05, 4.69) is 6.58 Å². The fourth-order valence-electron chi connectivity index (χ4n) is 2.37. The van der Waals surface area contributed by atoms with Crippen LogP contribution >= 0.6 is 0 Å². The van der Waals surface area contributed by atoms with Gasteiger partial charge in [-0.2, -0.15) is 0 Å². The molecule has 0 aliphatic carbocycles. The highest BCUT2D eigenvalue weighted by Crippen LogP contribution is 2.36. The van der Waals surface area contributed by atoms with E-state index in [4.69, 9.17) is 13.9 Å². The fraction of sp³-hybridized carbons (Fsp3) is 0.353. The van der Waals surface area contributed by atoms with Crippen molar-refractivity contribution in [1.29, 1.82) is 0 Å². The fourth-order valence-corrected chi connectivity index (χ4v) is 2.37. The van der Waals surface area contributed by atoms with Crippen molar-refractivity contribution in [3.63, 3.8) is 0 Å². The van der Waals surface area contributed by atoms with Crippen LogP contribution in [0.3, 0.4) is 0 Å². The van der Waals surface area contributed by atoms with E-state index in [1.807, 2.05) is 26.8 Å². The van der Waals surface area contributed by atoms with E-state index in [0.717, 1.165) is 5.56 Å². The number of methoxy groups -OCH3 is 2. The summed E-state index contributed by atoms with van der Waals surface area (Å²) in [4.78, 5) is 13.0. The molecule has 0 radical (unpaired) electrons. The second kappa shape index (κ2) is 5.28. The van der Waals surface area contributed by atoms with E-state index in [0.29, 0.717) is 22.3 Å². The molecule has 0 spiro atoms. The standard InChI is InChI=1S/C17H20O4/c1-7-17(3,4)13-14(18)12-10(2)8-9-11(19-5)15(12)21-16(13)20-6/h7-9H,1H2,2-6H3. The number of aryl methyl sites for hydroxylation is 1. The molecule has 0 aliphatic rings. The third-order valence-electron chi connectivity index (χ3n) is 3.74. The van der Waals surface area contributed by atoms with Gasteiger partial charge in [0.15, 0.2) is 11.3 Å². The first kappa shape index (κ1) is 15.2. The van der Waals surface area contributed by atoms with Gasteiger partial charge in [-0.1, -0.05) is 26.0 Å². The Bertz CT molecular complexity index is 753. The first-order valence-electron chi connectivity index (χ1n) is 6.69. The second-order valence-corrected chi connectivity index (χ2v) is 5.51. The van der Waals surface area contributed by atoms with E-state index >= 15 is 0 Å². The van der Waals surface area contributed by atoms with Crippen LogP contribution in [0.1, 0.15) is 25.0 Å². The molecular weight excluding hydrogens is 268 g/mol. The third-order valence-corrected chi connectivity index (χ3v) is 3.74. The molecule has 0 amide bonds. The van der Waals surface area contributed by atoms with Crippen LogP contribution in [0.25, 0.3) is 11.0 Å². The summed E-state index contributed by atoms with van der Waals surface area (Å²) in [6.07, 6.45) is 1.71. The molecule has 1 heterocycles. The molecule has 4 heteroatoms. The summed E-state index contributed by atoms with van der Waals surface area (Å²) < 4.78 is 16.4. The van der Waals surface area contributed by atoms with Gasteiger partial charge in [0.05, 0.1) is 25.2 Å². The van der Waals surface area contributed by atoms with Gasteiger partial charge in [0, 0.05) is 5.41 Å². The van der Waals surface area contributed by atoms with Crippen molar-refractivity contribution in [3.8, 4) is 11.7 Å². The van der Waals surface area contributed by atoms with E-state index < -0.39 is 5.41 Å². The molecule has 0 atom stereocenters. The van der Waals surface area contributed by atoms with Crippen LogP contribution in [-0.4, -0.2) is 14.2 Å². The topological polar surface area (TPSA) is 48.7 Å². The third kappa shape index (κ3) is 2.31. The van der Waals surface area contributed by atoms with Crippen molar-refractivity contribution in [2.75, 3.05) is 14.2 Å². The van der Waals surface area contributed by atoms with Gasteiger partial charge in [-0.3, -0.25) is 4.79 Å². The zero-order valence-corrected chi connectivity index (χ0v) is 13.1. The minimum Gasteiger partial charge on any atom is -0.493 e. The van der Waals surface area contributed by atoms with Crippen molar-refractivity contribution in [1.82, 2.24) is 0 Å². The highest BCUT2D eigenvalue weighted by atomic mass is 16.6. The molecule has 1 aromatic carbocycles. The number of benzene rings is 1. The Labute approximate surface area is 124 Å². The first-order chi connectivity index (χ1) is 9.87. The molecule has 4 nitrogen and oxygen atoms in total. The van der Waals surface area contributed by atoms with Crippen LogP contribution in [0.4, 0.5) is 0 Å². The van der Waals surface area contributed by atoms with E-state index in [1.165, 1.54) is 14.2 Å². The molecule has 0 fully saturated rings. The van der Waals surface area contributed by atoms with Crippen LogP contribution in [0, 0.1) is 6.92 Å². The predicted octanol–water partition coefficient (Wildman–Crippen LogP) is 3.58. The molecule has 112 valence electrons. The Morgan fingerprint density at radius 3 is 2.43 bits per heavy atom. The minimum atomic E-state index is -0.560. The number of rotatable bonds is 4. The molecule has 0 N–H and O–H groups in total. The van der Waals surface area contributed by atoms with Gasteiger partial charge in [0.2, 0.25) is 5.43 Å². The number of hydrogen-bond acceptors (Lipinski definition) is 4. The van der Waals surface area contributed by atoms with Crippen molar-refractivity contribution in [2.45, 2.75) is 26.2 Å². The molecule has 0 bridgehead atoms. The second-order valence-electron chi connectivity index (χ2n) is 5.51. The lowest BCUT2D eigenvalue weighted by atomic mass is 9.84. The molecule has 21 heavy (non-hydrogen) atoms. The Balaban J connectivity index is 3.03. The minimum absolute atomic E-state index is 0.116. The summed E-state index contributed by atoms with van der Waals surface area (Å²) >= 11 is 0. The molecule has 1 aromatic heterocycles. The predicted molar refractivity (Wildman–Crippen MR) is 83.5 cm³/mol. The molecule has 2 rings (SSSR count). The lowest BCUT2D eigenvalue weighted by Gasteiger charge is -2.22. The Morgan fingerprint density at radius 1 is 1.24 bits per heavy atom. The van der Waals surface area contributed by atoms with Gasteiger partial charge in [-0.15, -0.1) is 6.58 Å². The molecule has 0 saturated heterocycles. The zero-order chi connectivity index (χ0) is 15.8. The normalized spacial score (nSPS) is 11.5. The molecule has 2 aromatic rings. The van der Waals surface area contributed by atoms with Crippen LogP contribution in [0.2, 0.25) is 0 Å². The van der Waals surface area contributed by atoms with E-state index in [1.54, 1.807) is 12.1 Å². The smallest absolute Gasteiger partial charge is 0.292 e. The van der Waals surface area contributed by atoms with Crippen molar-refractivity contribution >= 4 is 11.0 Å². The van der Waals surface area contributed by atoms with E-state index in [-0.39, 0.29) is 11.4 Å². The molecular formula is C17H20O4. The number of allylic oxidation sites excluding steroid dienone is 1. The number of hydrogen-bond donors (Lipinski definition) is 0. The lowest BCUT2D eigenvalue weighted by Crippen LogP contribution is -2.25. The van der Waals surface area contributed by atoms with Crippen LogP contribution in [-0.2, 0) is 5.41 Å². The zero-order valence-electron chi connectivity index (χ0n) is 13.1. The van der Waals surface area contributed by atoms with Gasteiger partial charge in [-0.25, -0.2) is 0 Å². The van der Waals surface area contributed by atoms with Crippen molar-refractivity contribution in [2.24, 2.45) is 0 Å². The van der Waals surface area contributed by atoms with Gasteiger partial charge >= 0.3 is 0 Å². The average Bonchev–Trinajstić information content (AvgIpc) is 2.46. The molecule has 0 saturated carbocycles. The maximum absolute atomic E-state index is 13.0. The van der Waals surface area contributed by atoms with Gasteiger partial charge < -0.3 is 13.9 Å². The summed E-state index contributed by atoms with van der Waals surface area (Å²) in [5, 5.41) is 0.514. The molecule has 0 aliphatic heterocycles. The maximum atomic E-state index is 13.0. The van der Waals surface area contributed by atoms with E-state index in [9.17, 15) is 4.79 Å². The number of fused-ring (bicyclic) bond motifs is 1. The summed E-state index contributed by atoms with van der Waals surface area (Å²) in [5.74, 6) is 0.704. The Kier molecular flexibility index (Phi) is 3.81. The molecule has 0 unspecified atom stereocenters. The highest BCUT2D eigenvalue weighted by molar-refractivity contribution is 5.86. The summed E-state index contributed by atoms with van der Waals surface area (Å²) in [7, 11) is 3.02. The first-order valence-corrected chi connectivity index (χ1v) is 6.69. The Morgan fingerprint density at radius 2 is 1.90 bits per heavy atom. The van der Waals surface area contributed by atoms with Crippen LogP contribution in [0.15, 0.2) is 34.0 Å². The van der Waals surface area contributed by atoms with Crippen LogP contribution in [0.5, 0.6) is 11.7 Å². The van der Waals surface area contributed by atoms with Crippen molar-refractivity contribution < 1.29 is 13.9 Å². The SMILES string of the molecule is C=CC(C)(C)c1c(OC)oc2c(OC)ccc(C)c2c1=O. The monoisotopic (exact) mass is 288 g/mol. The lowest BCUT2D eigenvalue weighted by molar-refractivity contribution is 0.294. The van der Waals surface area contributed by atoms with Crippen molar-refractivity contribution in [3.05, 3.63) is 46.1 Å². The largest absolute Gasteiger partial charge is 0.493 e.